The van der Waals surface area contributed by atoms with Crippen molar-refractivity contribution in [1.29, 1.82) is 0 Å². The molecular formula is C19H26FN5O2S. The predicted octanol–water partition coefficient (Wildman–Crippen LogP) is 2.64. The van der Waals surface area contributed by atoms with Crippen molar-refractivity contribution in [3.63, 3.8) is 0 Å². The molecule has 7 nitrogen and oxygen atoms in total. The predicted molar refractivity (Wildman–Crippen MR) is 108 cm³/mol. The minimum atomic E-state index is -0.381. The van der Waals surface area contributed by atoms with Crippen molar-refractivity contribution in [1.82, 2.24) is 20.1 Å². The zero-order chi connectivity index (χ0) is 20.3. The Balaban J connectivity index is 1.92. The fourth-order valence-electron chi connectivity index (χ4n) is 2.83. The summed E-state index contributed by atoms with van der Waals surface area (Å²) in [5.41, 5.74) is 0.304. The van der Waals surface area contributed by atoms with Crippen LogP contribution in [0.4, 0.5) is 10.3 Å². The zero-order valence-corrected chi connectivity index (χ0v) is 17.4. The van der Waals surface area contributed by atoms with E-state index in [2.05, 4.69) is 20.4 Å². The zero-order valence-electron chi connectivity index (χ0n) is 16.6. The van der Waals surface area contributed by atoms with Crippen molar-refractivity contribution in [2.75, 3.05) is 31.2 Å². The molecule has 1 aromatic heterocycles. The number of carbonyl (C=O) groups excluding carboxylic acids is 1. The van der Waals surface area contributed by atoms with Crippen molar-refractivity contribution in [2.24, 2.45) is 0 Å². The lowest BCUT2D eigenvalue weighted by Crippen LogP contribution is -2.44. The lowest BCUT2D eigenvalue weighted by atomic mass is 10.1. The Morgan fingerprint density at radius 2 is 2.00 bits per heavy atom. The first-order chi connectivity index (χ1) is 13.2. The van der Waals surface area contributed by atoms with E-state index in [0.29, 0.717) is 43.1 Å². The van der Waals surface area contributed by atoms with Crippen LogP contribution in [0.5, 0.6) is 0 Å². The van der Waals surface area contributed by atoms with Gasteiger partial charge in [-0.05, 0) is 45.9 Å². The van der Waals surface area contributed by atoms with Gasteiger partial charge in [0.2, 0.25) is 11.9 Å². The Labute approximate surface area is 168 Å². The molecule has 1 fully saturated rings. The summed E-state index contributed by atoms with van der Waals surface area (Å²) in [6.07, 6.45) is 0. The topological polar surface area (TPSA) is 72.3 Å². The van der Waals surface area contributed by atoms with E-state index in [4.69, 9.17) is 4.74 Å². The van der Waals surface area contributed by atoms with Crippen molar-refractivity contribution in [3.05, 3.63) is 30.1 Å². The molecule has 1 atom stereocenters. The molecule has 1 aliphatic heterocycles. The number of hydrogen-bond donors (Lipinski definition) is 1. The second-order valence-corrected chi connectivity index (χ2v) is 9.00. The molecule has 3 rings (SSSR count). The molecule has 0 radical (unpaired) electrons. The fraction of sp³-hybridized carbons (Fsp3) is 0.526. The molecule has 28 heavy (non-hydrogen) atoms. The van der Waals surface area contributed by atoms with Gasteiger partial charge in [0.1, 0.15) is 5.82 Å². The molecule has 0 saturated carbocycles. The summed E-state index contributed by atoms with van der Waals surface area (Å²) in [5, 5.41) is 11.8. The van der Waals surface area contributed by atoms with Crippen LogP contribution in [0.25, 0.3) is 5.69 Å². The second kappa shape index (κ2) is 8.48. The van der Waals surface area contributed by atoms with Gasteiger partial charge >= 0.3 is 0 Å². The molecule has 2 aromatic rings. The molecule has 9 heteroatoms. The number of ether oxygens (including phenoxy) is 1. The van der Waals surface area contributed by atoms with Crippen LogP contribution in [-0.2, 0) is 9.53 Å². The lowest BCUT2D eigenvalue weighted by Gasteiger charge is -2.28. The van der Waals surface area contributed by atoms with Gasteiger partial charge in [-0.25, -0.2) is 4.39 Å². The molecule has 1 unspecified atom stereocenters. The summed E-state index contributed by atoms with van der Waals surface area (Å²) in [7, 11) is 0. The van der Waals surface area contributed by atoms with Crippen LogP contribution >= 0.6 is 11.8 Å². The summed E-state index contributed by atoms with van der Waals surface area (Å²) < 4.78 is 21.1. The Bertz CT molecular complexity index is 830. The van der Waals surface area contributed by atoms with Crippen LogP contribution in [-0.4, -0.2) is 57.8 Å². The lowest BCUT2D eigenvalue weighted by molar-refractivity contribution is -0.121. The van der Waals surface area contributed by atoms with E-state index in [9.17, 15) is 9.18 Å². The third-order valence-corrected chi connectivity index (χ3v) is 5.17. The average molecular weight is 408 g/mol. The minimum absolute atomic E-state index is 0.0841. The molecule has 0 aliphatic carbocycles. The number of rotatable bonds is 5. The molecule has 1 saturated heterocycles. The van der Waals surface area contributed by atoms with Crippen LogP contribution in [0.1, 0.15) is 27.7 Å². The highest BCUT2D eigenvalue weighted by Gasteiger charge is 2.26. The molecule has 1 aliphatic rings. The van der Waals surface area contributed by atoms with E-state index in [1.165, 1.54) is 23.9 Å². The number of carbonyl (C=O) groups is 1. The van der Waals surface area contributed by atoms with E-state index < -0.39 is 0 Å². The summed E-state index contributed by atoms with van der Waals surface area (Å²) in [6.45, 7) is 10.2. The number of benzene rings is 1. The third-order valence-electron chi connectivity index (χ3n) is 4.13. The highest BCUT2D eigenvalue weighted by atomic mass is 32.2. The van der Waals surface area contributed by atoms with E-state index in [1.54, 1.807) is 16.7 Å². The molecule has 2 heterocycles. The quantitative estimate of drug-likeness (QED) is 0.769. The van der Waals surface area contributed by atoms with Crippen molar-refractivity contribution >= 4 is 23.6 Å². The summed E-state index contributed by atoms with van der Waals surface area (Å²) >= 11 is 1.30. The number of morpholine rings is 1. The Kier molecular flexibility index (Phi) is 6.24. The van der Waals surface area contributed by atoms with Gasteiger partial charge in [-0.1, -0.05) is 17.8 Å². The summed E-state index contributed by atoms with van der Waals surface area (Å²) in [5.74, 6) is 0.202. The maximum atomic E-state index is 13.9. The van der Waals surface area contributed by atoms with Crippen molar-refractivity contribution < 1.29 is 13.9 Å². The number of aromatic nitrogens is 3. The first-order valence-corrected chi connectivity index (χ1v) is 10.2. The van der Waals surface area contributed by atoms with Crippen molar-refractivity contribution in [3.8, 4) is 5.69 Å². The number of hydrogen-bond acceptors (Lipinski definition) is 6. The second-order valence-electron chi connectivity index (χ2n) is 7.70. The van der Waals surface area contributed by atoms with E-state index in [0.717, 1.165) is 0 Å². The van der Waals surface area contributed by atoms with Crippen LogP contribution < -0.4 is 10.2 Å². The van der Waals surface area contributed by atoms with Gasteiger partial charge in [-0.3, -0.25) is 9.36 Å². The number of halogens is 1. The normalized spacial score (nSPS) is 16.1. The van der Waals surface area contributed by atoms with E-state index >= 15 is 0 Å². The number of nitrogens with one attached hydrogen (secondary N) is 1. The summed E-state index contributed by atoms with van der Waals surface area (Å²) in [6, 6.07) is 6.30. The minimum Gasteiger partial charge on any atom is -0.378 e. The van der Waals surface area contributed by atoms with Gasteiger partial charge < -0.3 is 15.0 Å². The molecule has 0 bridgehead atoms. The number of amides is 1. The first kappa shape index (κ1) is 20.6. The molecule has 1 aromatic carbocycles. The molecule has 1 N–H and O–H groups in total. The van der Waals surface area contributed by atoms with Gasteiger partial charge in [-0.2, -0.15) is 0 Å². The van der Waals surface area contributed by atoms with Crippen LogP contribution in [0.3, 0.4) is 0 Å². The van der Waals surface area contributed by atoms with Crippen molar-refractivity contribution in [2.45, 2.75) is 43.6 Å². The molecule has 1 amide bonds. The smallest absolute Gasteiger partial charge is 0.233 e. The molecular weight excluding hydrogens is 381 g/mol. The standard InChI is InChI=1S/C19H26FN5O2S/c1-13(16(26)21-19(2,3)4)28-18-23-22-17(24-8-10-27-11-9-24)25(18)15-7-5-6-14(20)12-15/h5-7,12-13H,8-11H2,1-4H3,(H,21,26). The Morgan fingerprint density at radius 1 is 1.29 bits per heavy atom. The third kappa shape index (κ3) is 5.02. The SMILES string of the molecule is CC(Sc1nnc(N2CCOCC2)n1-c1cccc(F)c1)C(=O)NC(C)(C)C. The van der Waals surface area contributed by atoms with Gasteiger partial charge in [0, 0.05) is 18.6 Å². The number of nitrogens with zero attached hydrogens (tertiary/aromatic N) is 4. The van der Waals surface area contributed by atoms with E-state index in [-0.39, 0.29) is 22.5 Å². The first-order valence-electron chi connectivity index (χ1n) is 9.27. The van der Waals surface area contributed by atoms with Gasteiger partial charge in [0.15, 0.2) is 5.16 Å². The highest BCUT2D eigenvalue weighted by Crippen LogP contribution is 2.30. The van der Waals surface area contributed by atoms with E-state index in [1.807, 2.05) is 27.7 Å². The van der Waals surface area contributed by atoms with Crippen LogP contribution in [0, 0.1) is 5.82 Å². The number of anilines is 1. The Hall–Kier alpha value is -2.13. The largest absolute Gasteiger partial charge is 0.378 e. The maximum absolute atomic E-state index is 13.9. The van der Waals surface area contributed by atoms with Crippen LogP contribution in [0.15, 0.2) is 29.4 Å². The molecule has 0 spiro atoms. The molecule has 152 valence electrons. The van der Waals surface area contributed by atoms with Crippen LogP contribution in [0.2, 0.25) is 0 Å². The fourth-order valence-corrected chi connectivity index (χ4v) is 3.69. The maximum Gasteiger partial charge on any atom is 0.233 e. The Morgan fingerprint density at radius 3 is 2.64 bits per heavy atom. The highest BCUT2D eigenvalue weighted by molar-refractivity contribution is 8.00. The monoisotopic (exact) mass is 407 g/mol. The average Bonchev–Trinajstić information content (AvgIpc) is 3.04. The van der Waals surface area contributed by atoms with Gasteiger partial charge in [0.25, 0.3) is 0 Å². The summed E-state index contributed by atoms with van der Waals surface area (Å²) in [4.78, 5) is 14.6. The van der Waals surface area contributed by atoms with Gasteiger partial charge in [-0.15, -0.1) is 10.2 Å². The van der Waals surface area contributed by atoms with Gasteiger partial charge in [0.05, 0.1) is 24.2 Å². The number of thioether (sulfide) groups is 1.